The van der Waals surface area contributed by atoms with Gasteiger partial charge in [0.1, 0.15) is 5.92 Å². The van der Waals surface area contributed by atoms with E-state index in [0.29, 0.717) is 30.3 Å². The molecule has 0 amide bonds. The number of ketones is 1. The Labute approximate surface area is 160 Å². The van der Waals surface area contributed by atoms with E-state index in [1.165, 1.54) is 0 Å². The molecule has 0 heterocycles. The summed E-state index contributed by atoms with van der Waals surface area (Å²) in [5, 5.41) is 0. The number of ether oxygens (including phenoxy) is 6. The first-order chi connectivity index (χ1) is 13.0. The van der Waals surface area contributed by atoms with Crippen LogP contribution in [0.1, 0.15) is 39.2 Å². The largest absolute Gasteiger partial charge is 0.493 e. The molecule has 152 valence electrons. The van der Waals surface area contributed by atoms with Crippen molar-refractivity contribution in [3.05, 3.63) is 23.8 Å². The lowest BCUT2D eigenvalue weighted by molar-refractivity contribution is -0.423. The molecule has 7 heteroatoms. The van der Waals surface area contributed by atoms with Gasteiger partial charge in [-0.25, -0.2) is 0 Å². The second-order valence-corrected chi connectivity index (χ2v) is 5.93. The molecule has 0 radical (unpaired) electrons. The van der Waals surface area contributed by atoms with E-state index in [1.54, 1.807) is 46.3 Å². The number of benzene rings is 1. The zero-order valence-electron chi connectivity index (χ0n) is 17.0. The average molecular weight is 382 g/mol. The van der Waals surface area contributed by atoms with Crippen molar-refractivity contribution in [3.8, 4) is 11.5 Å². The summed E-state index contributed by atoms with van der Waals surface area (Å²) in [4.78, 5) is 13.3. The Hall–Kier alpha value is -1.67. The molecule has 1 aromatic rings. The fourth-order valence-corrected chi connectivity index (χ4v) is 3.67. The van der Waals surface area contributed by atoms with Crippen LogP contribution in [0.4, 0.5) is 0 Å². The molecule has 1 saturated carbocycles. The van der Waals surface area contributed by atoms with Crippen molar-refractivity contribution in [1.29, 1.82) is 0 Å². The fourth-order valence-electron chi connectivity index (χ4n) is 3.67. The summed E-state index contributed by atoms with van der Waals surface area (Å²) in [5.41, 5.74) is 0.689. The van der Waals surface area contributed by atoms with Crippen LogP contribution in [-0.4, -0.2) is 58.0 Å². The SMILES string of the molecule is CCOC1(OCC)C(=O)C(c2ccc(OC)c(OC)c2)C1(OCC)OCC. The van der Waals surface area contributed by atoms with Crippen molar-refractivity contribution >= 4 is 5.78 Å². The van der Waals surface area contributed by atoms with E-state index in [0.717, 1.165) is 0 Å². The van der Waals surface area contributed by atoms with Gasteiger partial charge in [-0.05, 0) is 45.4 Å². The Balaban J connectivity index is 2.59. The molecule has 0 saturated heterocycles. The molecule has 0 spiro atoms. The van der Waals surface area contributed by atoms with Crippen LogP contribution in [0.15, 0.2) is 18.2 Å². The van der Waals surface area contributed by atoms with Crippen LogP contribution in [0.3, 0.4) is 0 Å². The van der Waals surface area contributed by atoms with Gasteiger partial charge >= 0.3 is 0 Å². The lowest BCUT2D eigenvalue weighted by Crippen LogP contribution is -2.79. The standard InChI is InChI=1S/C20H30O7/c1-7-24-19(25-8-2)17(18(21)20(19,26-9-3)27-10-4)14-11-12-15(22-5)16(13-14)23-6/h11-13,17H,7-10H2,1-6H3. The van der Waals surface area contributed by atoms with Gasteiger partial charge < -0.3 is 28.4 Å². The van der Waals surface area contributed by atoms with Gasteiger partial charge in [0, 0.05) is 26.4 Å². The smallest absolute Gasteiger partial charge is 0.287 e. The minimum atomic E-state index is -1.60. The third-order valence-electron chi connectivity index (χ3n) is 4.58. The van der Waals surface area contributed by atoms with Gasteiger partial charge in [0.05, 0.1) is 14.2 Å². The topological polar surface area (TPSA) is 72.5 Å². The molecule has 1 aromatic carbocycles. The first-order valence-electron chi connectivity index (χ1n) is 9.33. The van der Waals surface area contributed by atoms with Crippen molar-refractivity contribution in [2.45, 2.75) is 45.2 Å². The molecule has 1 aliphatic rings. The van der Waals surface area contributed by atoms with Crippen molar-refractivity contribution in [3.63, 3.8) is 0 Å². The molecule has 1 aliphatic carbocycles. The van der Waals surface area contributed by atoms with Gasteiger partial charge in [0.25, 0.3) is 5.79 Å². The van der Waals surface area contributed by atoms with E-state index in [4.69, 9.17) is 28.4 Å². The van der Waals surface area contributed by atoms with Crippen molar-refractivity contribution in [2.24, 2.45) is 0 Å². The van der Waals surface area contributed by atoms with Crippen molar-refractivity contribution < 1.29 is 33.2 Å². The molecule has 0 aromatic heterocycles. The fraction of sp³-hybridized carbons (Fsp3) is 0.650. The monoisotopic (exact) mass is 382 g/mol. The van der Waals surface area contributed by atoms with Gasteiger partial charge in [-0.3, -0.25) is 4.79 Å². The predicted octanol–water partition coefficient (Wildman–Crippen LogP) is 2.91. The maximum Gasteiger partial charge on any atom is 0.287 e. The molecule has 7 nitrogen and oxygen atoms in total. The van der Waals surface area contributed by atoms with E-state index in [9.17, 15) is 4.79 Å². The second kappa shape index (κ2) is 9.01. The molecular weight excluding hydrogens is 352 g/mol. The van der Waals surface area contributed by atoms with Gasteiger partial charge in [0.2, 0.25) is 11.6 Å². The Morgan fingerprint density at radius 3 is 1.78 bits per heavy atom. The normalized spacial score (nSPS) is 20.2. The highest BCUT2D eigenvalue weighted by molar-refractivity contribution is 6.02. The summed E-state index contributed by atoms with van der Waals surface area (Å²) >= 11 is 0. The molecule has 1 fully saturated rings. The highest BCUT2D eigenvalue weighted by Gasteiger charge is 2.78. The lowest BCUT2D eigenvalue weighted by atomic mass is 9.66. The maximum absolute atomic E-state index is 13.3. The van der Waals surface area contributed by atoms with Gasteiger partial charge in [0.15, 0.2) is 11.5 Å². The Morgan fingerprint density at radius 2 is 1.33 bits per heavy atom. The lowest BCUT2D eigenvalue weighted by Gasteiger charge is -2.58. The molecule has 0 bridgehead atoms. The molecule has 1 unspecified atom stereocenters. The summed E-state index contributed by atoms with van der Waals surface area (Å²) in [6.07, 6.45) is 0. The zero-order valence-corrected chi connectivity index (χ0v) is 17.0. The summed E-state index contributed by atoms with van der Waals surface area (Å²) in [6, 6.07) is 5.32. The van der Waals surface area contributed by atoms with E-state index in [2.05, 4.69) is 0 Å². The average Bonchev–Trinajstić information content (AvgIpc) is 2.67. The molecule has 2 rings (SSSR count). The van der Waals surface area contributed by atoms with E-state index < -0.39 is 17.5 Å². The number of hydrogen-bond donors (Lipinski definition) is 0. The zero-order chi connectivity index (χ0) is 20.1. The molecular formula is C20H30O7. The van der Waals surface area contributed by atoms with Crippen molar-refractivity contribution in [1.82, 2.24) is 0 Å². The van der Waals surface area contributed by atoms with Crippen molar-refractivity contribution in [2.75, 3.05) is 40.6 Å². The molecule has 0 aliphatic heterocycles. The van der Waals surface area contributed by atoms with E-state index in [-0.39, 0.29) is 19.0 Å². The van der Waals surface area contributed by atoms with Crippen LogP contribution >= 0.6 is 0 Å². The van der Waals surface area contributed by atoms with Gasteiger partial charge in [-0.15, -0.1) is 0 Å². The first kappa shape index (κ1) is 21.6. The van der Waals surface area contributed by atoms with Crippen LogP contribution in [0.25, 0.3) is 0 Å². The molecule has 1 atom stereocenters. The third-order valence-corrected chi connectivity index (χ3v) is 4.58. The molecule has 27 heavy (non-hydrogen) atoms. The van der Waals surface area contributed by atoms with Crippen LogP contribution in [0, 0.1) is 0 Å². The Morgan fingerprint density at radius 1 is 0.815 bits per heavy atom. The highest BCUT2D eigenvalue weighted by Crippen LogP contribution is 2.56. The van der Waals surface area contributed by atoms with E-state index in [1.807, 2.05) is 13.8 Å². The van der Waals surface area contributed by atoms with Crippen LogP contribution in [0.2, 0.25) is 0 Å². The number of carbonyl (C=O) groups excluding carboxylic acids is 1. The minimum absolute atomic E-state index is 0.236. The van der Waals surface area contributed by atoms with Crippen LogP contribution < -0.4 is 9.47 Å². The maximum atomic E-state index is 13.3. The Bertz CT molecular complexity index is 631. The molecule has 0 N–H and O–H groups in total. The van der Waals surface area contributed by atoms with E-state index >= 15 is 0 Å². The number of methoxy groups -OCH3 is 2. The first-order valence-corrected chi connectivity index (χ1v) is 9.33. The second-order valence-electron chi connectivity index (χ2n) is 5.93. The Kier molecular flexibility index (Phi) is 7.22. The number of carbonyl (C=O) groups is 1. The summed E-state index contributed by atoms with van der Waals surface area (Å²) in [6.45, 7) is 8.53. The highest BCUT2D eigenvalue weighted by atomic mass is 16.8. The quantitative estimate of drug-likeness (QED) is 0.545. The minimum Gasteiger partial charge on any atom is -0.493 e. The van der Waals surface area contributed by atoms with Crippen LogP contribution in [-0.2, 0) is 23.7 Å². The van der Waals surface area contributed by atoms with Crippen LogP contribution in [0.5, 0.6) is 11.5 Å². The third kappa shape index (κ3) is 3.33. The number of Topliss-reactive ketones (excluding diaryl/α,β-unsaturated/α-hetero) is 1. The summed E-state index contributed by atoms with van der Waals surface area (Å²) in [5.74, 6) is -2.82. The van der Waals surface area contributed by atoms with Gasteiger partial charge in [-0.2, -0.15) is 0 Å². The van der Waals surface area contributed by atoms with Gasteiger partial charge in [-0.1, -0.05) is 6.07 Å². The predicted molar refractivity (Wildman–Crippen MR) is 99.3 cm³/mol. The number of hydrogen-bond acceptors (Lipinski definition) is 7. The summed E-state index contributed by atoms with van der Waals surface area (Å²) < 4.78 is 34.4. The number of rotatable bonds is 11. The summed E-state index contributed by atoms with van der Waals surface area (Å²) in [7, 11) is 3.11.